The van der Waals surface area contributed by atoms with Crippen LogP contribution in [-0.4, -0.2) is 63.9 Å². The molecule has 3 fully saturated rings. The molecule has 1 aromatic heterocycles. The van der Waals surface area contributed by atoms with Crippen LogP contribution in [0, 0.1) is 24.7 Å². The Balaban J connectivity index is 1.19. The van der Waals surface area contributed by atoms with E-state index in [4.69, 9.17) is 4.74 Å². The number of piperidine rings is 1. The minimum Gasteiger partial charge on any atom is -0.372 e. The Kier molecular flexibility index (Phi) is 4.59. The van der Waals surface area contributed by atoms with E-state index in [1.165, 1.54) is 17.7 Å². The highest BCUT2D eigenvalue weighted by Crippen LogP contribution is 2.44. The average molecular weight is 385 g/mol. The Hall–Kier alpha value is -1.66. The van der Waals surface area contributed by atoms with Crippen molar-refractivity contribution in [2.24, 2.45) is 24.8 Å². The van der Waals surface area contributed by atoms with Crippen molar-refractivity contribution in [2.45, 2.75) is 44.8 Å². The lowest BCUT2D eigenvalue weighted by Crippen LogP contribution is -2.57. The van der Waals surface area contributed by atoms with Crippen LogP contribution in [-0.2, 0) is 23.1 Å². The lowest BCUT2D eigenvalue weighted by Gasteiger charge is -2.47. The van der Waals surface area contributed by atoms with E-state index in [9.17, 15) is 4.79 Å². The maximum atomic E-state index is 13.0. The number of hydrogen-bond acceptors (Lipinski definition) is 4. The van der Waals surface area contributed by atoms with Crippen LogP contribution in [0.25, 0.3) is 0 Å². The molecule has 0 unspecified atom stereocenters. The summed E-state index contributed by atoms with van der Waals surface area (Å²) in [6.07, 6.45) is 10.8. The molecule has 5 rings (SSSR count). The van der Waals surface area contributed by atoms with Gasteiger partial charge in [-0.3, -0.25) is 14.4 Å². The van der Waals surface area contributed by atoms with E-state index in [1.807, 2.05) is 17.9 Å². The lowest BCUT2D eigenvalue weighted by molar-refractivity contribution is -0.154. The van der Waals surface area contributed by atoms with Gasteiger partial charge in [0.05, 0.1) is 18.4 Å². The fourth-order valence-corrected chi connectivity index (χ4v) is 5.73. The van der Waals surface area contributed by atoms with Gasteiger partial charge in [0.15, 0.2) is 0 Å². The second-order valence-electron chi connectivity index (χ2n) is 9.33. The van der Waals surface area contributed by atoms with Crippen LogP contribution in [0.5, 0.6) is 0 Å². The second kappa shape index (κ2) is 6.99. The highest BCUT2D eigenvalue weighted by Gasteiger charge is 2.45. The van der Waals surface area contributed by atoms with Crippen molar-refractivity contribution in [1.82, 2.24) is 19.6 Å². The number of morpholine rings is 1. The maximum Gasteiger partial charge on any atom is 0.226 e. The molecule has 1 aromatic rings. The SMILES string of the molecule is Cc1c(CN2CCOC3(CCN(C(=O)[C@H]4C[C@@H]5C=C[C@H]4C5)CC3)C2)cnn1C. The summed E-state index contributed by atoms with van der Waals surface area (Å²) in [5.41, 5.74) is 2.46. The number of carbonyl (C=O) groups is 1. The number of likely N-dealkylation sites (tertiary alicyclic amines) is 1. The number of carbonyl (C=O) groups excluding carboxylic acids is 1. The van der Waals surface area contributed by atoms with E-state index in [0.717, 1.165) is 58.6 Å². The van der Waals surface area contributed by atoms with Crippen molar-refractivity contribution in [1.29, 1.82) is 0 Å². The van der Waals surface area contributed by atoms with Crippen molar-refractivity contribution in [3.8, 4) is 0 Å². The van der Waals surface area contributed by atoms with E-state index in [1.54, 1.807) is 0 Å². The third-order valence-electron chi connectivity index (χ3n) is 7.64. The Morgan fingerprint density at radius 1 is 1.25 bits per heavy atom. The number of allylic oxidation sites excluding steroid dienone is 2. The number of hydrogen-bond donors (Lipinski definition) is 0. The van der Waals surface area contributed by atoms with Gasteiger partial charge in [-0.05, 0) is 44.4 Å². The highest BCUT2D eigenvalue weighted by atomic mass is 16.5. The number of fused-ring (bicyclic) bond motifs is 2. The highest BCUT2D eigenvalue weighted by molar-refractivity contribution is 5.80. The first kappa shape index (κ1) is 18.4. The van der Waals surface area contributed by atoms with Gasteiger partial charge in [-0.1, -0.05) is 12.2 Å². The summed E-state index contributed by atoms with van der Waals surface area (Å²) in [7, 11) is 2.00. The zero-order chi connectivity index (χ0) is 19.3. The van der Waals surface area contributed by atoms with Gasteiger partial charge in [0.1, 0.15) is 0 Å². The molecular formula is C22H32N4O2. The van der Waals surface area contributed by atoms with Crippen LogP contribution < -0.4 is 0 Å². The lowest BCUT2D eigenvalue weighted by atomic mass is 9.87. The van der Waals surface area contributed by atoms with E-state index in [0.29, 0.717) is 17.7 Å². The normalized spacial score (nSPS) is 31.8. The third-order valence-corrected chi connectivity index (χ3v) is 7.64. The Morgan fingerprint density at radius 2 is 2.07 bits per heavy atom. The Morgan fingerprint density at radius 3 is 2.71 bits per heavy atom. The number of amides is 1. The standard InChI is InChI=1S/C22H32N4O2/c1-16-19(13-23-24(16)2)14-25-9-10-28-22(15-25)5-7-26(8-6-22)21(27)20-12-17-3-4-18(20)11-17/h3-4,13,17-18,20H,5-12,14-15H2,1-2H3/t17-,18+,20+/m1/s1. The number of ether oxygens (including phenoxy) is 1. The summed E-state index contributed by atoms with van der Waals surface area (Å²) < 4.78 is 8.25. The average Bonchev–Trinajstić information content (AvgIpc) is 3.41. The summed E-state index contributed by atoms with van der Waals surface area (Å²) >= 11 is 0. The van der Waals surface area contributed by atoms with Crippen molar-refractivity contribution < 1.29 is 9.53 Å². The molecular weight excluding hydrogens is 352 g/mol. The number of rotatable bonds is 3. The molecule has 2 aliphatic heterocycles. The first-order valence-corrected chi connectivity index (χ1v) is 10.8. The van der Waals surface area contributed by atoms with E-state index >= 15 is 0 Å². The van der Waals surface area contributed by atoms with Crippen molar-refractivity contribution in [3.63, 3.8) is 0 Å². The van der Waals surface area contributed by atoms with Gasteiger partial charge in [0, 0.05) is 56.9 Å². The van der Waals surface area contributed by atoms with Crippen LogP contribution in [0.1, 0.15) is 36.9 Å². The maximum absolute atomic E-state index is 13.0. The summed E-state index contributed by atoms with van der Waals surface area (Å²) in [6, 6.07) is 0. The van der Waals surface area contributed by atoms with Gasteiger partial charge in [-0.2, -0.15) is 5.10 Å². The molecule has 6 nitrogen and oxygen atoms in total. The van der Waals surface area contributed by atoms with Crippen LogP contribution in [0.15, 0.2) is 18.3 Å². The second-order valence-corrected chi connectivity index (χ2v) is 9.33. The summed E-state index contributed by atoms with van der Waals surface area (Å²) in [5, 5.41) is 4.38. The van der Waals surface area contributed by atoms with Crippen LogP contribution in [0.3, 0.4) is 0 Å². The molecule has 3 atom stereocenters. The molecule has 2 bridgehead atoms. The van der Waals surface area contributed by atoms with Crippen LogP contribution in [0.2, 0.25) is 0 Å². The monoisotopic (exact) mass is 384 g/mol. The van der Waals surface area contributed by atoms with E-state index in [2.05, 4.69) is 34.0 Å². The fraction of sp³-hybridized carbons (Fsp3) is 0.727. The molecule has 1 spiro atoms. The van der Waals surface area contributed by atoms with E-state index in [-0.39, 0.29) is 11.5 Å². The zero-order valence-electron chi connectivity index (χ0n) is 17.1. The largest absolute Gasteiger partial charge is 0.372 e. The van der Waals surface area contributed by atoms with Crippen LogP contribution in [0.4, 0.5) is 0 Å². The Labute approximate surface area is 167 Å². The van der Waals surface area contributed by atoms with Crippen LogP contribution >= 0.6 is 0 Å². The van der Waals surface area contributed by atoms with Gasteiger partial charge in [-0.25, -0.2) is 0 Å². The molecule has 2 aliphatic carbocycles. The fourth-order valence-electron chi connectivity index (χ4n) is 5.73. The summed E-state index contributed by atoms with van der Waals surface area (Å²) in [5.74, 6) is 1.78. The predicted molar refractivity (Wildman–Crippen MR) is 107 cm³/mol. The number of aryl methyl sites for hydroxylation is 1. The molecule has 4 aliphatic rings. The van der Waals surface area contributed by atoms with Gasteiger partial charge in [0.25, 0.3) is 0 Å². The van der Waals surface area contributed by atoms with Crippen molar-refractivity contribution in [3.05, 3.63) is 29.6 Å². The smallest absolute Gasteiger partial charge is 0.226 e. The first-order chi connectivity index (χ1) is 13.5. The molecule has 0 N–H and O–H groups in total. The molecule has 2 saturated heterocycles. The minimum atomic E-state index is -0.0836. The van der Waals surface area contributed by atoms with Gasteiger partial charge in [0.2, 0.25) is 5.91 Å². The first-order valence-electron chi connectivity index (χ1n) is 10.8. The molecule has 0 aromatic carbocycles. The summed E-state index contributed by atoms with van der Waals surface area (Å²) in [6.45, 7) is 7.46. The predicted octanol–water partition coefficient (Wildman–Crippen LogP) is 2.13. The van der Waals surface area contributed by atoms with Gasteiger partial charge in [-0.15, -0.1) is 0 Å². The molecule has 28 heavy (non-hydrogen) atoms. The molecule has 6 heteroatoms. The quantitative estimate of drug-likeness (QED) is 0.749. The molecule has 152 valence electrons. The molecule has 1 amide bonds. The summed E-state index contributed by atoms with van der Waals surface area (Å²) in [4.78, 5) is 17.7. The van der Waals surface area contributed by atoms with Crippen molar-refractivity contribution >= 4 is 5.91 Å². The topological polar surface area (TPSA) is 50.6 Å². The van der Waals surface area contributed by atoms with Gasteiger partial charge >= 0.3 is 0 Å². The number of nitrogens with zero attached hydrogens (tertiary/aromatic N) is 4. The number of aromatic nitrogens is 2. The van der Waals surface area contributed by atoms with E-state index < -0.39 is 0 Å². The minimum absolute atomic E-state index is 0.0836. The zero-order valence-corrected chi connectivity index (χ0v) is 17.1. The van der Waals surface area contributed by atoms with Crippen molar-refractivity contribution in [2.75, 3.05) is 32.8 Å². The Bertz CT molecular complexity index is 777. The molecule has 1 saturated carbocycles. The third kappa shape index (κ3) is 3.20. The molecule has 0 radical (unpaired) electrons. The van der Waals surface area contributed by atoms with Gasteiger partial charge < -0.3 is 9.64 Å². The molecule has 3 heterocycles.